The minimum Gasteiger partial charge on any atom is -0.394 e. The highest BCUT2D eigenvalue weighted by molar-refractivity contribution is 5.82. The first kappa shape index (κ1) is 22.4. The summed E-state index contributed by atoms with van der Waals surface area (Å²) in [5, 5.41) is 33.2. The fourth-order valence-corrected chi connectivity index (χ4v) is 4.28. The van der Waals surface area contributed by atoms with Crippen LogP contribution in [0.5, 0.6) is 0 Å². The molecule has 34 heavy (non-hydrogen) atoms. The van der Waals surface area contributed by atoms with Crippen LogP contribution in [0.1, 0.15) is 23.3 Å². The van der Waals surface area contributed by atoms with Gasteiger partial charge < -0.3 is 25.4 Å². The standard InChI is InChI=1S/C24H24FN5O4/c25-16-8-6-15(7-9-16)17(14-4-2-1-3-5-14)10-26-22-19-23(28-12-27-22)30(13-29-19)24-21(33)20(32)18(11-31)34-24/h1-9,12-13,17-18,20-21,24,31-33H,10-11H2,(H,26,27,28)/t17?,18-,20-,21-,24-/m1/s1. The average molecular weight is 465 g/mol. The Kier molecular flexibility index (Phi) is 6.20. The second-order valence-electron chi connectivity index (χ2n) is 8.17. The predicted molar refractivity (Wildman–Crippen MR) is 122 cm³/mol. The highest BCUT2D eigenvalue weighted by Gasteiger charge is 2.44. The number of aliphatic hydroxyl groups is 3. The number of halogens is 1. The van der Waals surface area contributed by atoms with Gasteiger partial charge in [0.25, 0.3) is 0 Å². The quantitative estimate of drug-likeness (QED) is 0.326. The predicted octanol–water partition coefficient (Wildman–Crippen LogP) is 1.82. The second-order valence-corrected chi connectivity index (χ2v) is 8.17. The molecule has 176 valence electrons. The van der Waals surface area contributed by atoms with Crippen molar-refractivity contribution < 1.29 is 24.4 Å². The molecule has 0 amide bonds. The van der Waals surface area contributed by atoms with Gasteiger partial charge in [0.15, 0.2) is 23.2 Å². The molecule has 0 saturated carbocycles. The van der Waals surface area contributed by atoms with Gasteiger partial charge in [0.05, 0.1) is 12.9 Å². The zero-order valence-corrected chi connectivity index (χ0v) is 18.1. The zero-order chi connectivity index (χ0) is 23.7. The zero-order valence-electron chi connectivity index (χ0n) is 18.1. The smallest absolute Gasteiger partial charge is 0.167 e. The number of aliphatic hydroxyl groups excluding tert-OH is 3. The van der Waals surface area contributed by atoms with E-state index in [2.05, 4.69) is 20.3 Å². The Morgan fingerprint density at radius 1 is 0.971 bits per heavy atom. The van der Waals surface area contributed by atoms with Gasteiger partial charge in [-0.05, 0) is 23.3 Å². The molecule has 2 aromatic carbocycles. The molecule has 10 heteroatoms. The maximum atomic E-state index is 13.5. The Balaban J connectivity index is 1.43. The fourth-order valence-electron chi connectivity index (χ4n) is 4.28. The molecule has 5 atom stereocenters. The Hall–Kier alpha value is -3.44. The lowest BCUT2D eigenvalue weighted by Crippen LogP contribution is -2.33. The molecule has 5 rings (SSSR count). The molecule has 0 radical (unpaired) electrons. The third-order valence-electron chi connectivity index (χ3n) is 6.10. The molecule has 4 N–H and O–H groups in total. The topological polar surface area (TPSA) is 126 Å². The third-order valence-corrected chi connectivity index (χ3v) is 6.10. The SMILES string of the molecule is OC[C@H]1O[C@@H](n2cnc3c(NCC(c4ccccc4)c4ccc(F)cc4)ncnc32)[C@H](O)[C@@H]1O. The van der Waals surface area contributed by atoms with E-state index < -0.39 is 31.1 Å². The number of hydrogen-bond acceptors (Lipinski definition) is 8. The number of aromatic nitrogens is 4. The molecule has 1 unspecified atom stereocenters. The van der Waals surface area contributed by atoms with Crippen molar-refractivity contribution in [1.29, 1.82) is 0 Å². The highest BCUT2D eigenvalue weighted by Crippen LogP contribution is 2.32. The van der Waals surface area contributed by atoms with E-state index in [1.54, 1.807) is 12.1 Å². The molecule has 0 spiro atoms. The number of hydrogen-bond donors (Lipinski definition) is 4. The van der Waals surface area contributed by atoms with E-state index in [4.69, 9.17) is 4.74 Å². The summed E-state index contributed by atoms with van der Waals surface area (Å²) >= 11 is 0. The van der Waals surface area contributed by atoms with Crippen LogP contribution in [0.2, 0.25) is 0 Å². The Labute approximate surface area is 194 Å². The molecule has 2 aromatic heterocycles. The first-order valence-electron chi connectivity index (χ1n) is 10.9. The van der Waals surface area contributed by atoms with Crippen LogP contribution < -0.4 is 5.32 Å². The van der Waals surface area contributed by atoms with Crippen LogP contribution >= 0.6 is 0 Å². The number of ether oxygens (including phenoxy) is 1. The first-order valence-corrected chi connectivity index (χ1v) is 10.9. The van der Waals surface area contributed by atoms with Gasteiger partial charge in [0, 0.05) is 12.5 Å². The summed E-state index contributed by atoms with van der Waals surface area (Å²) in [7, 11) is 0. The van der Waals surface area contributed by atoms with E-state index >= 15 is 0 Å². The summed E-state index contributed by atoms with van der Waals surface area (Å²) in [6.45, 7) is 0.0376. The van der Waals surface area contributed by atoms with Gasteiger partial charge in [-0.3, -0.25) is 4.57 Å². The Bertz CT molecular complexity index is 1250. The first-order chi connectivity index (χ1) is 16.6. The van der Waals surface area contributed by atoms with Crippen LogP contribution in [0.15, 0.2) is 67.3 Å². The van der Waals surface area contributed by atoms with Crippen LogP contribution in [0.25, 0.3) is 11.2 Å². The average Bonchev–Trinajstić information content (AvgIpc) is 3.42. The van der Waals surface area contributed by atoms with E-state index in [9.17, 15) is 19.7 Å². The van der Waals surface area contributed by atoms with Crippen molar-refractivity contribution in [1.82, 2.24) is 19.5 Å². The Morgan fingerprint density at radius 3 is 2.41 bits per heavy atom. The molecule has 4 aromatic rings. The lowest BCUT2D eigenvalue weighted by molar-refractivity contribution is -0.0511. The monoisotopic (exact) mass is 465 g/mol. The van der Waals surface area contributed by atoms with Gasteiger partial charge in [-0.15, -0.1) is 0 Å². The molecular weight excluding hydrogens is 441 g/mol. The van der Waals surface area contributed by atoms with Gasteiger partial charge >= 0.3 is 0 Å². The number of anilines is 1. The third kappa shape index (κ3) is 4.12. The molecule has 1 aliphatic heterocycles. The summed E-state index contributed by atoms with van der Waals surface area (Å²) in [5.41, 5.74) is 2.88. The van der Waals surface area contributed by atoms with E-state index in [0.29, 0.717) is 23.5 Å². The minimum atomic E-state index is -1.25. The Morgan fingerprint density at radius 2 is 1.71 bits per heavy atom. The van der Waals surface area contributed by atoms with Gasteiger partial charge in [0.2, 0.25) is 0 Å². The van der Waals surface area contributed by atoms with Crippen molar-refractivity contribution in [2.24, 2.45) is 0 Å². The van der Waals surface area contributed by atoms with Crippen LogP contribution in [-0.2, 0) is 4.74 Å². The van der Waals surface area contributed by atoms with Crippen molar-refractivity contribution in [2.45, 2.75) is 30.5 Å². The van der Waals surface area contributed by atoms with E-state index in [1.165, 1.54) is 29.4 Å². The van der Waals surface area contributed by atoms with Gasteiger partial charge in [0.1, 0.15) is 30.5 Å². The molecule has 9 nitrogen and oxygen atoms in total. The lowest BCUT2D eigenvalue weighted by atomic mass is 9.91. The van der Waals surface area contributed by atoms with Crippen molar-refractivity contribution >= 4 is 17.0 Å². The van der Waals surface area contributed by atoms with Crippen molar-refractivity contribution in [3.8, 4) is 0 Å². The maximum Gasteiger partial charge on any atom is 0.167 e. The molecule has 1 saturated heterocycles. The number of rotatable bonds is 7. The molecule has 0 aliphatic carbocycles. The lowest BCUT2D eigenvalue weighted by Gasteiger charge is -2.19. The number of nitrogens with zero attached hydrogens (tertiary/aromatic N) is 4. The van der Waals surface area contributed by atoms with E-state index in [0.717, 1.165) is 11.1 Å². The minimum absolute atomic E-state index is 0.0747. The second kappa shape index (κ2) is 9.43. The van der Waals surface area contributed by atoms with Crippen LogP contribution in [-0.4, -0.2) is 66.3 Å². The summed E-state index contributed by atoms with van der Waals surface area (Å²) < 4.78 is 20.6. The number of nitrogens with one attached hydrogen (secondary N) is 1. The maximum absolute atomic E-state index is 13.5. The number of benzene rings is 2. The largest absolute Gasteiger partial charge is 0.394 e. The van der Waals surface area contributed by atoms with Crippen molar-refractivity contribution in [2.75, 3.05) is 18.5 Å². The fraction of sp³-hybridized carbons (Fsp3) is 0.292. The van der Waals surface area contributed by atoms with Crippen LogP contribution in [0.4, 0.5) is 10.2 Å². The molecular formula is C24H24FN5O4. The summed E-state index contributed by atoms with van der Waals surface area (Å²) in [4.78, 5) is 13.0. The van der Waals surface area contributed by atoms with Crippen molar-refractivity contribution in [3.63, 3.8) is 0 Å². The molecule has 1 fully saturated rings. The van der Waals surface area contributed by atoms with Gasteiger partial charge in [-0.2, -0.15) is 0 Å². The molecule has 0 bridgehead atoms. The highest BCUT2D eigenvalue weighted by atomic mass is 19.1. The normalized spacial score (nSPS) is 23.3. The van der Waals surface area contributed by atoms with Gasteiger partial charge in [-0.1, -0.05) is 42.5 Å². The van der Waals surface area contributed by atoms with Crippen LogP contribution in [0, 0.1) is 5.82 Å². The van der Waals surface area contributed by atoms with E-state index in [1.807, 2.05) is 30.3 Å². The number of imidazole rings is 1. The van der Waals surface area contributed by atoms with E-state index in [-0.39, 0.29) is 11.7 Å². The number of fused-ring (bicyclic) bond motifs is 1. The summed E-state index contributed by atoms with van der Waals surface area (Å²) in [5.74, 6) is 0.115. The summed E-state index contributed by atoms with van der Waals surface area (Å²) in [6, 6.07) is 16.3. The molecule has 3 heterocycles. The van der Waals surface area contributed by atoms with Crippen LogP contribution in [0.3, 0.4) is 0 Å². The van der Waals surface area contributed by atoms with Crippen molar-refractivity contribution in [3.05, 3.63) is 84.2 Å². The molecule has 1 aliphatic rings. The van der Waals surface area contributed by atoms with Gasteiger partial charge in [-0.25, -0.2) is 19.3 Å². The summed E-state index contributed by atoms with van der Waals surface area (Å²) in [6.07, 6.45) is -1.49.